The van der Waals surface area contributed by atoms with E-state index < -0.39 is 5.92 Å². The third-order valence-corrected chi connectivity index (χ3v) is 3.31. The molecule has 0 bridgehead atoms. The summed E-state index contributed by atoms with van der Waals surface area (Å²) in [6, 6.07) is 7.56. The lowest BCUT2D eigenvalue weighted by Gasteiger charge is -2.31. The molecule has 1 heterocycles. The quantitative estimate of drug-likeness (QED) is 0.770. The maximum atomic E-state index is 12.9. The fourth-order valence-electron chi connectivity index (χ4n) is 1.91. The standard InChI is InChI=1S/C12H14ClF2N/c13-11-4-2-1-3-10(11)9-16-7-5-12(14,15)6-8-16/h1-4H,5-9H2. The number of piperidine rings is 1. The first-order chi connectivity index (χ1) is 7.57. The van der Waals surface area contributed by atoms with Crippen molar-refractivity contribution in [2.24, 2.45) is 0 Å². The van der Waals surface area contributed by atoms with Gasteiger partial charge in [-0.1, -0.05) is 29.8 Å². The maximum Gasteiger partial charge on any atom is 0.250 e. The van der Waals surface area contributed by atoms with E-state index in [0.717, 1.165) is 5.56 Å². The highest BCUT2D eigenvalue weighted by Crippen LogP contribution is 2.29. The Bertz CT molecular complexity index is 358. The van der Waals surface area contributed by atoms with E-state index >= 15 is 0 Å². The Labute approximate surface area is 99.0 Å². The number of hydrogen-bond acceptors (Lipinski definition) is 1. The third kappa shape index (κ3) is 2.92. The molecule has 1 aliphatic rings. The van der Waals surface area contributed by atoms with Crippen LogP contribution in [0.2, 0.25) is 5.02 Å². The summed E-state index contributed by atoms with van der Waals surface area (Å²) in [5.41, 5.74) is 1.01. The zero-order valence-electron chi connectivity index (χ0n) is 8.93. The molecule has 0 aliphatic carbocycles. The smallest absolute Gasteiger partial charge is 0.250 e. The Morgan fingerprint density at radius 2 is 1.81 bits per heavy atom. The van der Waals surface area contributed by atoms with Gasteiger partial charge >= 0.3 is 0 Å². The Balaban J connectivity index is 1.95. The molecular formula is C12H14ClF2N. The summed E-state index contributed by atoms with van der Waals surface area (Å²) in [4.78, 5) is 2.03. The molecule has 0 spiro atoms. The molecule has 1 aliphatic heterocycles. The van der Waals surface area contributed by atoms with Crippen LogP contribution in [0, 0.1) is 0 Å². The van der Waals surface area contributed by atoms with Gasteiger partial charge in [0, 0.05) is 37.5 Å². The monoisotopic (exact) mass is 245 g/mol. The van der Waals surface area contributed by atoms with E-state index in [1.165, 1.54) is 0 Å². The fourth-order valence-corrected chi connectivity index (χ4v) is 2.10. The molecule has 1 aromatic carbocycles. The van der Waals surface area contributed by atoms with Crippen LogP contribution in [0.1, 0.15) is 18.4 Å². The minimum absolute atomic E-state index is 0.0442. The largest absolute Gasteiger partial charge is 0.299 e. The first-order valence-corrected chi connectivity index (χ1v) is 5.78. The third-order valence-electron chi connectivity index (χ3n) is 2.94. The lowest BCUT2D eigenvalue weighted by Crippen LogP contribution is -2.38. The minimum Gasteiger partial charge on any atom is -0.299 e. The number of hydrogen-bond donors (Lipinski definition) is 0. The second-order valence-electron chi connectivity index (χ2n) is 4.22. The average molecular weight is 246 g/mol. The first-order valence-electron chi connectivity index (χ1n) is 5.40. The zero-order chi connectivity index (χ0) is 11.6. The van der Waals surface area contributed by atoms with Crippen LogP contribution in [0.3, 0.4) is 0 Å². The lowest BCUT2D eigenvalue weighted by atomic mass is 10.1. The Morgan fingerprint density at radius 1 is 1.19 bits per heavy atom. The van der Waals surface area contributed by atoms with Crippen LogP contribution in [-0.4, -0.2) is 23.9 Å². The number of rotatable bonds is 2. The topological polar surface area (TPSA) is 3.24 Å². The Hall–Kier alpha value is -0.670. The normalized spacial score (nSPS) is 20.9. The summed E-state index contributed by atoms with van der Waals surface area (Å²) < 4.78 is 25.9. The van der Waals surface area contributed by atoms with Crippen molar-refractivity contribution in [3.05, 3.63) is 34.9 Å². The molecule has 16 heavy (non-hydrogen) atoms. The van der Waals surface area contributed by atoms with Gasteiger partial charge in [-0.05, 0) is 11.6 Å². The SMILES string of the molecule is FC1(F)CCN(Cc2ccccc2Cl)CC1. The molecule has 2 rings (SSSR count). The van der Waals surface area contributed by atoms with E-state index in [2.05, 4.69) is 0 Å². The first kappa shape index (κ1) is 11.8. The molecule has 1 saturated heterocycles. The van der Waals surface area contributed by atoms with Crippen LogP contribution in [0.5, 0.6) is 0 Å². The zero-order valence-corrected chi connectivity index (χ0v) is 9.68. The number of likely N-dealkylation sites (tertiary alicyclic amines) is 1. The molecule has 88 valence electrons. The molecule has 4 heteroatoms. The predicted molar refractivity (Wildman–Crippen MR) is 60.9 cm³/mol. The summed E-state index contributed by atoms with van der Waals surface area (Å²) >= 11 is 6.02. The van der Waals surface area contributed by atoms with Gasteiger partial charge in [0.25, 0.3) is 5.92 Å². The number of benzene rings is 1. The highest BCUT2D eigenvalue weighted by Gasteiger charge is 2.33. The van der Waals surface area contributed by atoms with Crippen LogP contribution < -0.4 is 0 Å². The molecule has 0 aromatic heterocycles. The Kier molecular flexibility index (Phi) is 3.45. The summed E-state index contributed by atoms with van der Waals surface area (Å²) in [5, 5.41) is 0.708. The van der Waals surface area contributed by atoms with Gasteiger partial charge in [-0.3, -0.25) is 4.90 Å². The van der Waals surface area contributed by atoms with Gasteiger partial charge in [0.05, 0.1) is 0 Å². The van der Waals surface area contributed by atoms with Crippen molar-refractivity contribution in [2.45, 2.75) is 25.3 Å². The van der Waals surface area contributed by atoms with Gasteiger partial charge < -0.3 is 0 Å². The summed E-state index contributed by atoms with van der Waals surface area (Å²) in [5.74, 6) is -2.48. The van der Waals surface area contributed by atoms with Crippen molar-refractivity contribution in [3.8, 4) is 0 Å². The van der Waals surface area contributed by atoms with Gasteiger partial charge in [0.15, 0.2) is 0 Å². The van der Waals surface area contributed by atoms with Gasteiger partial charge in [0.2, 0.25) is 0 Å². The fraction of sp³-hybridized carbons (Fsp3) is 0.500. The predicted octanol–water partition coefficient (Wildman–Crippen LogP) is 3.57. The molecule has 0 amide bonds. The van der Waals surface area contributed by atoms with E-state index in [1.807, 2.05) is 29.2 Å². The number of alkyl halides is 2. The van der Waals surface area contributed by atoms with Crippen molar-refractivity contribution < 1.29 is 8.78 Å². The molecule has 0 radical (unpaired) electrons. The molecular weight excluding hydrogens is 232 g/mol. The van der Waals surface area contributed by atoms with Gasteiger partial charge in [0.1, 0.15) is 0 Å². The van der Waals surface area contributed by atoms with Crippen molar-refractivity contribution in [1.29, 1.82) is 0 Å². The number of nitrogens with zero attached hydrogens (tertiary/aromatic N) is 1. The van der Waals surface area contributed by atoms with E-state index in [4.69, 9.17) is 11.6 Å². The average Bonchev–Trinajstić information content (AvgIpc) is 2.24. The Morgan fingerprint density at radius 3 is 2.44 bits per heavy atom. The van der Waals surface area contributed by atoms with Crippen molar-refractivity contribution >= 4 is 11.6 Å². The minimum atomic E-state index is -2.48. The van der Waals surface area contributed by atoms with Crippen LogP contribution in [0.25, 0.3) is 0 Å². The molecule has 0 unspecified atom stereocenters. The van der Waals surface area contributed by atoms with Crippen molar-refractivity contribution in [1.82, 2.24) is 4.90 Å². The van der Waals surface area contributed by atoms with Crippen LogP contribution in [-0.2, 0) is 6.54 Å². The highest BCUT2D eigenvalue weighted by molar-refractivity contribution is 6.31. The van der Waals surface area contributed by atoms with Crippen molar-refractivity contribution in [3.63, 3.8) is 0 Å². The van der Waals surface area contributed by atoms with Gasteiger partial charge in [-0.25, -0.2) is 8.78 Å². The lowest BCUT2D eigenvalue weighted by molar-refractivity contribution is -0.0566. The molecule has 0 N–H and O–H groups in total. The highest BCUT2D eigenvalue weighted by atomic mass is 35.5. The van der Waals surface area contributed by atoms with E-state index in [1.54, 1.807) is 0 Å². The molecule has 0 atom stereocenters. The van der Waals surface area contributed by atoms with Gasteiger partial charge in [-0.2, -0.15) is 0 Å². The van der Waals surface area contributed by atoms with Crippen molar-refractivity contribution in [2.75, 3.05) is 13.1 Å². The van der Waals surface area contributed by atoms with E-state index in [9.17, 15) is 8.78 Å². The summed E-state index contributed by atoms with van der Waals surface area (Å²) in [6.45, 7) is 1.55. The molecule has 1 aromatic rings. The van der Waals surface area contributed by atoms with Crippen LogP contribution in [0.15, 0.2) is 24.3 Å². The van der Waals surface area contributed by atoms with E-state index in [-0.39, 0.29) is 12.8 Å². The summed E-state index contributed by atoms with van der Waals surface area (Å²) in [7, 11) is 0. The maximum absolute atomic E-state index is 12.9. The van der Waals surface area contributed by atoms with Crippen LogP contribution in [0.4, 0.5) is 8.78 Å². The molecule has 1 nitrogen and oxygen atoms in total. The second kappa shape index (κ2) is 4.68. The van der Waals surface area contributed by atoms with E-state index in [0.29, 0.717) is 24.7 Å². The second-order valence-corrected chi connectivity index (χ2v) is 4.63. The van der Waals surface area contributed by atoms with Crippen LogP contribution >= 0.6 is 11.6 Å². The molecule has 1 fully saturated rings. The summed E-state index contributed by atoms with van der Waals surface area (Å²) in [6.07, 6.45) is -0.0884. The number of halogens is 3. The van der Waals surface area contributed by atoms with Gasteiger partial charge in [-0.15, -0.1) is 0 Å². The molecule has 0 saturated carbocycles.